The molecule has 0 atom stereocenters. The molecule has 116 valence electrons. The maximum Gasteiger partial charge on any atom is 0.270 e. The van der Waals surface area contributed by atoms with Crippen molar-refractivity contribution in [1.29, 1.82) is 0 Å². The van der Waals surface area contributed by atoms with E-state index in [1.54, 1.807) is 12.0 Å². The fourth-order valence-corrected chi connectivity index (χ4v) is 4.05. The summed E-state index contributed by atoms with van der Waals surface area (Å²) >= 11 is 10.1. The van der Waals surface area contributed by atoms with E-state index in [0.29, 0.717) is 9.23 Å². The Hall–Kier alpha value is -1.63. The Labute approximate surface area is 152 Å². The van der Waals surface area contributed by atoms with Crippen molar-refractivity contribution in [2.45, 2.75) is 0 Å². The second-order valence-corrected chi connectivity index (χ2v) is 7.28. The lowest BCUT2D eigenvalue weighted by Gasteiger charge is -2.13. The minimum absolute atomic E-state index is 0.0989. The second-order valence-electron chi connectivity index (χ2n) is 4.75. The Morgan fingerprint density at radius 3 is 2.61 bits per heavy atom. The number of rotatable bonds is 3. The molecule has 1 amide bonds. The van der Waals surface area contributed by atoms with Crippen LogP contribution in [0.1, 0.15) is 5.56 Å². The highest BCUT2D eigenvalue weighted by Crippen LogP contribution is 2.36. The lowest BCUT2D eigenvalue weighted by molar-refractivity contribution is -0.113. The van der Waals surface area contributed by atoms with Crippen molar-refractivity contribution in [2.24, 2.45) is 0 Å². The number of hydrogen-bond acceptors (Lipinski definition) is 4. The number of carbonyl (C=O) groups excluding carboxylic acids is 1. The average molecular weight is 406 g/mol. The molecule has 0 aliphatic carbocycles. The average Bonchev–Trinajstić information content (AvgIpc) is 2.82. The summed E-state index contributed by atoms with van der Waals surface area (Å²) in [5.74, 6) is 0.650. The minimum Gasteiger partial charge on any atom is -0.496 e. The molecule has 1 aliphatic rings. The third-order valence-electron chi connectivity index (χ3n) is 3.28. The first-order valence-electron chi connectivity index (χ1n) is 6.76. The molecule has 0 bridgehead atoms. The number of nitrogens with zero attached hydrogens (tertiary/aromatic N) is 1. The second kappa shape index (κ2) is 6.86. The first-order chi connectivity index (χ1) is 11.1. The zero-order chi connectivity index (χ0) is 16.4. The van der Waals surface area contributed by atoms with E-state index >= 15 is 0 Å². The molecule has 1 saturated heterocycles. The van der Waals surface area contributed by atoms with E-state index < -0.39 is 0 Å². The number of methoxy groups -OCH3 is 1. The first-order valence-corrected chi connectivity index (χ1v) is 8.78. The molecule has 0 unspecified atom stereocenters. The zero-order valence-electron chi connectivity index (χ0n) is 12.2. The molecule has 1 fully saturated rings. The summed E-state index contributed by atoms with van der Waals surface area (Å²) in [5, 5.41) is 0. The van der Waals surface area contributed by atoms with Crippen molar-refractivity contribution in [2.75, 3.05) is 12.0 Å². The van der Waals surface area contributed by atoms with Crippen LogP contribution in [0, 0.1) is 0 Å². The molecule has 0 spiro atoms. The Balaban J connectivity index is 1.91. The fourth-order valence-electron chi connectivity index (χ4n) is 2.19. The van der Waals surface area contributed by atoms with Gasteiger partial charge in [-0.25, -0.2) is 0 Å². The van der Waals surface area contributed by atoms with Crippen molar-refractivity contribution < 1.29 is 9.53 Å². The molecule has 23 heavy (non-hydrogen) atoms. The van der Waals surface area contributed by atoms with Gasteiger partial charge in [-0.15, -0.1) is 0 Å². The Kier molecular flexibility index (Phi) is 4.84. The number of carbonyl (C=O) groups is 1. The maximum atomic E-state index is 12.6. The van der Waals surface area contributed by atoms with E-state index in [1.165, 1.54) is 11.8 Å². The molecule has 0 radical (unpaired) electrons. The number of thiocarbonyl (C=S) groups is 1. The van der Waals surface area contributed by atoms with Crippen LogP contribution in [0.25, 0.3) is 6.08 Å². The van der Waals surface area contributed by atoms with Gasteiger partial charge in [0, 0.05) is 0 Å². The largest absolute Gasteiger partial charge is 0.496 e. The van der Waals surface area contributed by atoms with Crippen LogP contribution >= 0.6 is 39.9 Å². The summed E-state index contributed by atoms with van der Waals surface area (Å²) in [5.41, 5.74) is 1.69. The molecule has 0 saturated carbocycles. The Bertz CT molecular complexity index is 805. The van der Waals surface area contributed by atoms with Crippen LogP contribution in [-0.4, -0.2) is 17.3 Å². The summed E-state index contributed by atoms with van der Waals surface area (Å²) in [6, 6.07) is 15.1. The molecule has 6 heteroatoms. The van der Waals surface area contributed by atoms with Gasteiger partial charge in [-0.05, 0) is 51.8 Å². The Morgan fingerprint density at radius 1 is 1.22 bits per heavy atom. The summed E-state index contributed by atoms with van der Waals surface area (Å²) in [6.07, 6.45) is 1.84. The quantitative estimate of drug-likeness (QED) is 0.538. The highest BCUT2D eigenvalue weighted by Gasteiger charge is 2.33. The van der Waals surface area contributed by atoms with Crippen LogP contribution in [0.15, 0.2) is 57.9 Å². The number of amides is 1. The summed E-state index contributed by atoms with van der Waals surface area (Å²) in [7, 11) is 1.62. The zero-order valence-corrected chi connectivity index (χ0v) is 15.4. The van der Waals surface area contributed by atoms with Gasteiger partial charge in [0.05, 0.1) is 22.2 Å². The van der Waals surface area contributed by atoms with Gasteiger partial charge >= 0.3 is 0 Å². The molecule has 0 N–H and O–H groups in total. The van der Waals surface area contributed by atoms with Crippen LogP contribution in [0.3, 0.4) is 0 Å². The fraction of sp³-hybridized carbons (Fsp3) is 0.0588. The Morgan fingerprint density at radius 2 is 1.96 bits per heavy atom. The van der Waals surface area contributed by atoms with Crippen molar-refractivity contribution in [3.05, 3.63) is 63.5 Å². The van der Waals surface area contributed by atoms with Crippen molar-refractivity contribution in [3.63, 3.8) is 0 Å². The number of halogens is 1. The molecule has 1 aliphatic heterocycles. The lowest BCUT2D eigenvalue weighted by Crippen LogP contribution is -2.27. The topological polar surface area (TPSA) is 29.5 Å². The number of thioether (sulfide) groups is 1. The number of anilines is 1. The van der Waals surface area contributed by atoms with Gasteiger partial charge in [0.1, 0.15) is 5.75 Å². The third-order valence-corrected chi connectivity index (χ3v) is 5.20. The molecule has 2 aromatic rings. The number of para-hydroxylation sites is 1. The smallest absolute Gasteiger partial charge is 0.270 e. The number of hydrogen-bond donors (Lipinski definition) is 0. The summed E-state index contributed by atoms with van der Waals surface area (Å²) < 4.78 is 6.60. The molecule has 1 heterocycles. The van der Waals surface area contributed by atoms with Gasteiger partial charge in [0.2, 0.25) is 0 Å². The summed E-state index contributed by atoms with van der Waals surface area (Å²) in [6.45, 7) is 0. The van der Waals surface area contributed by atoms with Gasteiger partial charge in [-0.2, -0.15) is 0 Å². The molecule has 3 nitrogen and oxygen atoms in total. The predicted molar refractivity (Wildman–Crippen MR) is 103 cm³/mol. The van der Waals surface area contributed by atoms with E-state index in [-0.39, 0.29) is 5.91 Å². The lowest BCUT2D eigenvalue weighted by atomic mass is 10.2. The molecule has 0 aromatic heterocycles. The van der Waals surface area contributed by atoms with Crippen LogP contribution in [0.5, 0.6) is 5.75 Å². The number of benzene rings is 2. The van der Waals surface area contributed by atoms with Crippen molar-refractivity contribution in [3.8, 4) is 5.75 Å². The standard InChI is InChI=1S/C17H12BrNO2S2/c1-21-14-8-7-11(9-13(14)18)10-15-16(20)19(17(22)23-15)12-5-3-2-4-6-12/h2-10H,1H3. The van der Waals surface area contributed by atoms with Crippen molar-refractivity contribution in [1.82, 2.24) is 0 Å². The van der Waals surface area contributed by atoms with E-state index in [2.05, 4.69) is 15.9 Å². The van der Waals surface area contributed by atoms with Crippen LogP contribution in [0.4, 0.5) is 5.69 Å². The predicted octanol–water partition coefficient (Wildman–Crippen LogP) is 4.86. The van der Waals surface area contributed by atoms with Crippen LogP contribution < -0.4 is 9.64 Å². The van der Waals surface area contributed by atoms with Gasteiger partial charge in [0.25, 0.3) is 5.91 Å². The highest BCUT2D eigenvalue weighted by atomic mass is 79.9. The van der Waals surface area contributed by atoms with E-state index in [1.807, 2.05) is 54.6 Å². The maximum absolute atomic E-state index is 12.6. The number of ether oxygens (including phenoxy) is 1. The SMILES string of the molecule is COc1ccc(C=C2SC(=S)N(c3ccccc3)C2=O)cc1Br. The molecular weight excluding hydrogens is 394 g/mol. The van der Waals surface area contributed by atoms with Crippen LogP contribution in [0.2, 0.25) is 0 Å². The van der Waals surface area contributed by atoms with E-state index in [4.69, 9.17) is 17.0 Å². The highest BCUT2D eigenvalue weighted by molar-refractivity contribution is 9.10. The molecule has 2 aromatic carbocycles. The summed E-state index contributed by atoms with van der Waals surface area (Å²) in [4.78, 5) is 14.8. The van der Waals surface area contributed by atoms with Crippen molar-refractivity contribution >= 4 is 61.9 Å². The first kappa shape index (κ1) is 16.2. The van der Waals surface area contributed by atoms with Gasteiger partial charge in [-0.3, -0.25) is 9.69 Å². The van der Waals surface area contributed by atoms with Crippen LogP contribution in [-0.2, 0) is 4.79 Å². The molecular formula is C17H12BrNO2S2. The van der Waals surface area contributed by atoms with Gasteiger partial charge in [-0.1, -0.05) is 48.2 Å². The minimum atomic E-state index is -0.0989. The monoisotopic (exact) mass is 405 g/mol. The van der Waals surface area contributed by atoms with E-state index in [0.717, 1.165) is 21.5 Å². The molecule has 3 rings (SSSR count). The third kappa shape index (κ3) is 3.34. The van der Waals surface area contributed by atoms with E-state index in [9.17, 15) is 4.79 Å². The van der Waals surface area contributed by atoms with Gasteiger partial charge < -0.3 is 4.74 Å². The van der Waals surface area contributed by atoms with Gasteiger partial charge in [0.15, 0.2) is 4.32 Å². The normalized spacial score (nSPS) is 16.3.